The van der Waals surface area contributed by atoms with Crippen molar-refractivity contribution < 1.29 is 14.6 Å². The van der Waals surface area contributed by atoms with E-state index in [4.69, 9.17) is 4.74 Å². The Hall–Kier alpha value is -2.73. The molecular formula is C21H20N2O3S. The van der Waals surface area contributed by atoms with Crippen LogP contribution in [0.15, 0.2) is 42.9 Å². The number of thiazole rings is 1. The van der Waals surface area contributed by atoms with E-state index in [2.05, 4.69) is 28.2 Å². The molecule has 0 unspecified atom stereocenters. The lowest BCUT2D eigenvalue weighted by molar-refractivity contribution is 0.0695. The van der Waals surface area contributed by atoms with E-state index in [1.807, 2.05) is 13.1 Å². The third kappa shape index (κ3) is 3.71. The molecule has 0 radical (unpaired) electrons. The van der Waals surface area contributed by atoms with E-state index in [-0.39, 0.29) is 0 Å². The molecule has 138 valence electrons. The van der Waals surface area contributed by atoms with Crippen molar-refractivity contribution in [2.75, 3.05) is 6.61 Å². The van der Waals surface area contributed by atoms with Crippen molar-refractivity contribution in [2.24, 2.45) is 0 Å². The number of nitrogens with zero attached hydrogens (tertiary/aromatic N) is 2. The summed E-state index contributed by atoms with van der Waals surface area (Å²) in [5.41, 5.74) is 3.45. The molecule has 0 bridgehead atoms. The molecule has 1 aromatic carbocycles. The minimum atomic E-state index is -0.899. The molecule has 27 heavy (non-hydrogen) atoms. The lowest BCUT2D eigenvalue weighted by atomic mass is 9.87. The topological polar surface area (TPSA) is 72.3 Å². The predicted molar refractivity (Wildman–Crippen MR) is 105 cm³/mol. The van der Waals surface area contributed by atoms with E-state index in [1.54, 1.807) is 23.6 Å². The van der Waals surface area contributed by atoms with Crippen LogP contribution >= 0.6 is 11.3 Å². The number of pyridine rings is 1. The van der Waals surface area contributed by atoms with E-state index < -0.39 is 5.97 Å². The number of fused-ring (bicyclic) bond motifs is 1. The first-order chi connectivity index (χ1) is 13.1. The Morgan fingerprint density at radius 1 is 1.33 bits per heavy atom. The average molecular weight is 380 g/mol. The number of carboxylic acid groups (broad SMARTS) is 1. The lowest BCUT2D eigenvalue weighted by Gasteiger charge is -2.26. The van der Waals surface area contributed by atoms with Gasteiger partial charge in [0, 0.05) is 18.6 Å². The summed E-state index contributed by atoms with van der Waals surface area (Å²) >= 11 is 1.67. The second-order valence-corrected chi connectivity index (χ2v) is 7.94. The van der Waals surface area contributed by atoms with Gasteiger partial charge in [-0.3, -0.25) is 4.98 Å². The van der Waals surface area contributed by atoms with Crippen LogP contribution in [0.25, 0.3) is 10.4 Å². The third-order valence-corrected chi connectivity index (χ3v) is 5.94. The Morgan fingerprint density at radius 3 is 3.00 bits per heavy atom. The molecule has 5 nitrogen and oxygen atoms in total. The molecule has 0 aliphatic carbocycles. The molecule has 1 aliphatic rings. The number of hydrogen-bond donors (Lipinski definition) is 1. The molecule has 4 rings (SSSR count). The maximum atomic E-state index is 11.4. The Kier molecular flexibility index (Phi) is 4.90. The number of benzene rings is 1. The minimum absolute atomic E-state index is 0.341. The zero-order valence-corrected chi connectivity index (χ0v) is 15.8. The third-order valence-electron chi connectivity index (χ3n) is 4.98. The second-order valence-electron chi connectivity index (χ2n) is 6.71. The van der Waals surface area contributed by atoms with Crippen LogP contribution in [0.2, 0.25) is 0 Å². The highest BCUT2D eigenvalue weighted by Crippen LogP contribution is 2.39. The molecule has 0 spiro atoms. The first-order valence-corrected chi connectivity index (χ1v) is 9.79. The van der Waals surface area contributed by atoms with E-state index in [9.17, 15) is 9.90 Å². The number of aryl methyl sites for hydroxylation is 2. The number of hydrogen-bond acceptors (Lipinski definition) is 5. The molecular weight excluding hydrogens is 360 g/mol. The van der Waals surface area contributed by atoms with Gasteiger partial charge in [-0.05, 0) is 60.9 Å². The maximum absolute atomic E-state index is 11.4. The smallest absolute Gasteiger partial charge is 0.336 e. The van der Waals surface area contributed by atoms with Crippen molar-refractivity contribution in [1.29, 1.82) is 0 Å². The molecule has 0 amide bonds. The van der Waals surface area contributed by atoms with Gasteiger partial charge >= 0.3 is 5.97 Å². The molecule has 3 heterocycles. The zero-order chi connectivity index (χ0) is 18.8. The Balaban J connectivity index is 1.54. The van der Waals surface area contributed by atoms with Gasteiger partial charge in [-0.1, -0.05) is 12.1 Å². The van der Waals surface area contributed by atoms with E-state index >= 15 is 0 Å². The summed E-state index contributed by atoms with van der Waals surface area (Å²) < 4.78 is 5.91. The molecule has 3 aromatic rings. The summed E-state index contributed by atoms with van der Waals surface area (Å²) in [6.45, 7) is 2.69. The Bertz CT molecular complexity index is 983. The van der Waals surface area contributed by atoms with Crippen LogP contribution in [0.5, 0.6) is 5.75 Å². The van der Waals surface area contributed by atoms with Gasteiger partial charge in [0.15, 0.2) is 0 Å². The van der Waals surface area contributed by atoms with Gasteiger partial charge in [-0.15, -0.1) is 11.3 Å². The molecule has 1 N–H and O–H groups in total. The summed E-state index contributed by atoms with van der Waals surface area (Å²) in [5.74, 6) is 0.386. The molecule has 0 saturated carbocycles. The summed E-state index contributed by atoms with van der Waals surface area (Å²) in [4.78, 5) is 21.0. The fourth-order valence-electron chi connectivity index (χ4n) is 3.58. The zero-order valence-electron chi connectivity index (χ0n) is 15.0. The van der Waals surface area contributed by atoms with Crippen molar-refractivity contribution in [1.82, 2.24) is 9.97 Å². The SMILES string of the molecule is Cc1ncc(-c2ccc3c(c2)OCC[C@@H]3CCc2cnccc2C(=O)O)s1. The van der Waals surface area contributed by atoms with Crippen molar-refractivity contribution >= 4 is 17.3 Å². The quantitative estimate of drug-likeness (QED) is 0.694. The highest BCUT2D eigenvalue weighted by Gasteiger charge is 2.23. The van der Waals surface area contributed by atoms with Crippen LogP contribution in [-0.4, -0.2) is 27.7 Å². The number of ether oxygens (including phenoxy) is 1. The number of rotatable bonds is 5. The molecule has 6 heteroatoms. The summed E-state index contributed by atoms with van der Waals surface area (Å²) in [6, 6.07) is 7.94. The van der Waals surface area contributed by atoms with E-state index in [1.165, 1.54) is 11.8 Å². The first kappa shape index (κ1) is 17.7. The average Bonchev–Trinajstić information content (AvgIpc) is 3.12. The molecule has 2 aromatic heterocycles. The van der Waals surface area contributed by atoms with Crippen LogP contribution in [0.4, 0.5) is 0 Å². The Morgan fingerprint density at radius 2 is 2.22 bits per heavy atom. The van der Waals surface area contributed by atoms with Crippen LogP contribution < -0.4 is 4.74 Å². The number of carboxylic acids is 1. The van der Waals surface area contributed by atoms with Gasteiger partial charge in [0.1, 0.15) is 5.75 Å². The van der Waals surface area contributed by atoms with Crippen molar-refractivity contribution in [3.63, 3.8) is 0 Å². The van der Waals surface area contributed by atoms with Crippen LogP contribution in [0, 0.1) is 6.92 Å². The largest absolute Gasteiger partial charge is 0.493 e. The van der Waals surface area contributed by atoms with Gasteiger partial charge < -0.3 is 9.84 Å². The molecule has 1 atom stereocenters. The van der Waals surface area contributed by atoms with Crippen molar-refractivity contribution in [2.45, 2.75) is 32.1 Å². The number of carbonyl (C=O) groups is 1. The Labute approximate surface area is 161 Å². The summed E-state index contributed by atoms with van der Waals surface area (Å²) in [5, 5.41) is 10.4. The van der Waals surface area contributed by atoms with Gasteiger partial charge in [-0.25, -0.2) is 9.78 Å². The van der Waals surface area contributed by atoms with Gasteiger partial charge in [0.2, 0.25) is 0 Å². The fraction of sp³-hybridized carbons (Fsp3) is 0.286. The maximum Gasteiger partial charge on any atom is 0.336 e. The van der Waals surface area contributed by atoms with Crippen molar-refractivity contribution in [3.05, 3.63) is 64.6 Å². The summed E-state index contributed by atoms with van der Waals surface area (Å²) in [6.07, 6.45) is 7.60. The van der Waals surface area contributed by atoms with Crippen molar-refractivity contribution in [3.8, 4) is 16.2 Å². The normalized spacial score (nSPS) is 15.8. The lowest BCUT2D eigenvalue weighted by Crippen LogP contribution is -2.15. The fourth-order valence-corrected chi connectivity index (χ4v) is 4.35. The van der Waals surface area contributed by atoms with E-state index in [0.29, 0.717) is 24.5 Å². The van der Waals surface area contributed by atoms with E-state index in [0.717, 1.165) is 39.6 Å². The van der Waals surface area contributed by atoms with Crippen LogP contribution in [0.1, 0.15) is 45.3 Å². The van der Waals surface area contributed by atoms with Gasteiger partial charge in [0.25, 0.3) is 0 Å². The monoisotopic (exact) mass is 380 g/mol. The highest BCUT2D eigenvalue weighted by atomic mass is 32.1. The number of aromatic carboxylic acids is 1. The van der Waals surface area contributed by atoms with Crippen LogP contribution in [-0.2, 0) is 6.42 Å². The molecule has 0 saturated heterocycles. The second kappa shape index (κ2) is 7.48. The first-order valence-electron chi connectivity index (χ1n) is 8.97. The predicted octanol–water partition coefficient (Wildman–Crippen LogP) is 4.71. The standard InChI is InChI=1S/C21H20N2O3S/c1-13-23-12-20(27-13)15-4-5-17-14(7-9-26-19(17)10-15)2-3-16-11-22-8-6-18(16)21(24)25/h4-6,8,10-12,14H,2-3,7,9H2,1H3,(H,24,25)/t14-/m0/s1. The van der Waals surface area contributed by atoms with Crippen LogP contribution in [0.3, 0.4) is 0 Å². The van der Waals surface area contributed by atoms with Gasteiger partial charge in [0.05, 0.1) is 22.1 Å². The number of aromatic nitrogens is 2. The molecule has 1 aliphatic heterocycles. The van der Waals surface area contributed by atoms with Gasteiger partial charge in [-0.2, -0.15) is 0 Å². The minimum Gasteiger partial charge on any atom is -0.493 e. The summed E-state index contributed by atoms with van der Waals surface area (Å²) in [7, 11) is 0. The highest BCUT2D eigenvalue weighted by molar-refractivity contribution is 7.15. The molecule has 0 fully saturated rings.